The molecule has 0 bridgehead atoms. The predicted octanol–water partition coefficient (Wildman–Crippen LogP) is 2.62. The van der Waals surface area contributed by atoms with Crippen LogP contribution in [0.3, 0.4) is 0 Å². The van der Waals surface area contributed by atoms with E-state index in [0.717, 1.165) is 21.4 Å². The number of primary amides is 1. The zero-order chi connectivity index (χ0) is 22.4. The molecule has 0 aliphatic heterocycles. The van der Waals surface area contributed by atoms with Gasteiger partial charge in [0.1, 0.15) is 17.2 Å². The number of hydrogen-bond donors (Lipinski definition) is 2. The number of halogens is 1. The van der Waals surface area contributed by atoms with Crippen molar-refractivity contribution in [3.63, 3.8) is 0 Å². The minimum absolute atomic E-state index is 0.0545. The maximum Gasteiger partial charge on any atom is 0.263 e. The molecule has 0 unspecified atom stereocenters. The molecule has 1 atom stereocenters. The van der Waals surface area contributed by atoms with Gasteiger partial charge in [-0.05, 0) is 23.6 Å². The van der Waals surface area contributed by atoms with Crippen LogP contribution >= 0.6 is 22.7 Å². The summed E-state index contributed by atoms with van der Waals surface area (Å²) < 4.78 is 20.6. The molecule has 4 aromatic heterocycles. The SMILES string of the molecule is NC(=O)c1csc2ncn(Cc3nc(C[C@H](O)c4cc5ccc(F)cc5s4)no3)c(=O)c12. The number of fused-ring (bicyclic) bond motifs is 2. The van der Waals surface area contributed by atoms with Crippen LogP contribution in [0.2, 0.25) is 0 Å². The first kappa shape index (κ1) is 20.4. The minimum Gasteiger partial charge on any atom is -0.387 e. The van der Waals surface area contributed by atoms with Gasteiger partial charge in [-0.1, -0.05) is 11.2 Å². The number of aromatic nitrogens is 4. The van der Waals surface area contributed by atoms with Gasteiger partial charge in [0.2, 0.25) is 11.8 Å². The Morgan fingerprint density at radius 3 is 3.00 bits per heavy atom. The van der Waals surface area contributed by atoms with Crippen molar-refractivity contribution >= 4 is 48.9 Å². The Bertz CT molecular complexity index is 1540. The third-order valence-corrected chi connectivity index (χ3v) is 6.93. The number of carbonyl (C=O) groups excluding carboxylic acids is 1. The van der Waals surface area contributed by atoms with E-state index in [2.05, 4.69) is 15.1 Å². The molecule has 5 aromatic rings. The Hall–Kier alpha value is -3.48. The fraction of sp³-hybridized carbons (Fsp3) is 0.150. The molecule has 5 rings (SSSR count). The van der Waals surface area contributed by atoms with Gasteiger partial charge >= 0.3 is 0 Å². The highest BCUT2D eigenvalue weighted by atomic mass is 32.1. The molecule has 0 radical (unpaired) electrons. The maximum absolute atomic E-state index is 13.4. The van der Waals surface area contributed by atoms with Crippen LogP contribution in [0, 0.1) is 5.82 Å². The van der Waals surface area contributed by atoms with Crippen LogP contribution in [-0.2, 0) is 13.0 Å². The highest BCUT2D eigenvalue weighted by Crippen LogP contribution is 2.31. The molecule has 0 spiro atoms. The molecule has 0 saturated carbocycles. The van der Waals surface area contributed by atoms with Gasteiger partial charge in [0.15, 0.2) is 5.82 Å². The van der Waals surface area contributed by atoms with Gasteiger partial charge in [-0.2, -0.15) is 4.98 Å². The second-order valence-corrected chi connectivity index (χ2v) is 9.00. The fourth-order valence-electron chi connectivity index (χ4n) is 3.31. The summed E-state index contributed by atoms with van der Waals surface area (Å²) in [5.74, 6) is -0.640. The van der Waals surface area contributed by atoms with Crippen LogP contribution in [0.1, 0.15) is 33.1 Å². The van der Waals surface area contributed by atoms with E-state index < -0.39 is 17.6 Å². The lowest BCUT2D eigenvalue weighted by atomic mass is 10.2. The normalized spacial score (nSPS) is 12.6. The molecule has 0 aliphatic rings. The lowest BCUT2D eigenvalue weighted by molar-refractivity contribution is 0.100. The first-order valence-electron chi connectivity index (χ1n) is 9.34. The maximum atomic E-state index is 13.4. The third kappa shape index (κ3) is 3.68. The number of hydrogen-bond acceptors (Lipinski definition) is 9. The molecule has 32 heavy (non-hydrogen) atoms. The van der Waals surface area contributed by atoms with Gasteiger partial charge in [-0.3, -0.25) is 14.2 Å². The van der Waals surface area contributed by atoms with Crippen LogP contribution in [0.15, 0.2) is 45.3 Å². The number of carbonyl (C=O) groups is 1. The van der Waals surface area contributed by atoms with Gasteiger partial charge in [0, 0.05) is 21.4 Å². The van der Waals surface area contributed by atoms with Crippen LogP contribution in [-0.4, -0.2) is 30.7 Å². The number of aliphatic hydroxyl groups excluding tert-OH is 1. The molecule has 0 aliphatic carbocycles. The Morgan fingerprint density at radius 1 is 1.34 bits per heavy atom. The van der Waals surface area contributed by atoms with Gasteiger partial charge in [-0.15, -0.1) is 22.7 Å². The van der Waals surface area contributed by atoms with E-state index in [4.69, 9.17) is 10.3 Å². The summed E-state index contributed by atoms with van der Waals surface area (Å²) >= 11 is 2.45. The number of rotatable bonds is 6. The Balaban J connectivity index is 1.35. The lowest BCUT2D eigenvalue weighted by Crippen LogP contribution is -2.23. The molecule has 12 heteroatoms. The van der Waals surface area contributed by atoms with E-state index >= 15 is 0 Å². The molecular formula is C20H14FN5O4S2. The van der Waals surface area contributed by atoms with E-state index in [1.54, 1.807) is 12.1 Å². The third-order valence-electron chi connectivity index (χ3n) is 4.85. The van der Waals surface area contributed by atoms with E-state index in [1.165, 1.54) is 39.7 Å². The van der Waals surface area contributed by atoms with Crippen molar-refractivity contribution in [3.05, 3.63) is 74.3 Å². The van der Waals surface area contributed by atoms with Crippen molar-refractivity contribution < 1.29 is 18.8 Å². The summed E-state index contributed by atoms with van der Waals surface area (Å²) in [6, 6.07) is 6.24. The Morgan fingerprint density at radius 2 is 2.19 bits per heavy atom. The topological polar surface area (TPSA) is 137 Å². The highest BCUT2D eigenvalue weighted by Gasteiger charge is 2.19. The largest absolute Gasteiger partial charge is 0.387 e. The summed E-state index contributed by atoms with van der Waals surface area (Å²) in [6.07, 6.45) is 0.521. The van der Waals surface area contributed by atoms with Crippen LogP contribution < -0.4 is 11.3 Å². The van der Waals surface area contributed by atoms with Crippen molar-refractivity contribution in [1.29, 1.82) is 0 Å². The lowest BCUT2D eigenvalue weighted by Gasteiger charge is -2.04. The molecule has 0 saturated heterocycles. The minimum atomic E-state index is -0.898. The smallest absolute Gasteiger partial charge is 0.263 e. The number of thiophene rings is 2. The van der Waals surface area contributed by atoms with Crippen molar-refractivity contribution in [2.24, 2.45) is 5.73 Å². The molecule has 1 amide bonds. The highest BCUT2D eigenvalue weighted by molar-refractivity contribution is 7.19. The zero-order valence-electron chi connectivity index (χ0n) is 16.2. The predicted molar refractivity (Wildman–Crippen MR) is 116 cm³/mol. The van der Waals surface area contributed by atoms with E-state index in [1.807, 2.05) is 0 Å². The standard InChI is InChI=1S/C20H14FN5O4S2/c21-10-2-1-9-3-14(32-13(9)4-10)12(27)5-15-24-16(30-25-15)6-26-8-23-19-17(20(26)29)11(7-31-19)18(22)28/h1-4,7-8,12,27H,5-6H2,(H2,22,28)/t12-/m0/s1. The van der Waals surface area contributed by atoms with Gasteiger partial charge in [-0.25, -0.2) is 9.37 Å². The molecular weight excluding hydrogens is 457 g/mol. The zero-order valence-corrected chi connectivity index (χ0v) is 17.8. The van der Waals surface area contributed by atoms with Crippen molar-refractivity contribution in [3.8, 4) is 0 Å². The van der Waals surface area contributed by atoms with Crippen LogP contribution in [0.5, 0.6) is 0 Å². The summed E-state index contributed by atoms with van der Waals surface area (Å²) in [7, 11) is 0. The van der Waals surface area contributed by atoms with E-state index in [9.17, 15) is 19.1 Å². The summed E-state index contributed by atoms with van der Waals surface area (Å²) in [6.45, 7) is -0.0545. The average molecular weight is 471 g/mol. The van der Waals surface area contributed by atoms with Gasteiger partial charge in [0.05, 0.1) is 23.4 Å². The summed E-state index contributed by atoms with van der Waals surface area (Å²) in [5, 5.41) is 16.9. The quantitative estimate of drug-likeness (QED) is 0.388. The fourth-order valence-corrected chi connectivity index (χ4v) is 5.27. The first-order chi connectivity index (χ1) is 15.4. The summed E-state index contributed by atoms with van der Waals surface area (Å²) in [5.41, 5.74) is 5.01. The van der Waals surface area contributed by atoms with Crippen LogP contribution in [0.25, 0.3) is 20.3 Å². The van der Waals surface area contributed by atoms with Crippen molar-refractivity contribution in [2.75, 3.05) is 0 Å². The monoisotopic (exact) mass is 471 g/mol. The van der Waals surface area contributed by atoms with Crippen LogP contribution in [0.4, 0.5) is 4.39 Å². The van der Waals surface area contributed by atoms with Gasteiger partial charge < -0.3 is 15.4 Å². The second-order valence-electron chi connectivity index (χ2n) is 7.03. The van der Waals surface area contributed by atoms with Gasteiger partial charge in [0.25, 0.3) is 5.56 Å². The van der Waals surface area contributed by atoms with Crippen molar-refractivity contribution in [1.82, 2.24) is 19.7 Å². The summed E-state index contributed by atoms with van der Waals surface area (Å²) in [4.78, 5) is 33.8. The number of benzene rings is 1. The molecule has 4 heterocycles. The number of nitrogens with zero attached hydrogens (tertiary/aromatic N) is 4. The Labute approximate surface area is 186 Å². The number of amides is 1. The molecule has 3 N–H and O–H groups in total. The average Bonchev–Trinajstić information content (AvgIpc) is 3.48. The molecule has 162 valence electrons. The van der Waals surface area contributed by atoms with E-state index in [-0.39, 0.29) is 41.4 Å². The molecule has 9 nitrogen and oxygen atoms in total. The number of aliphatic hydroxyl groups is 1. The number of nitrogens with two attached hydrogens (primary N) is 1. The van der Waals surface area contributed by atoms with Crippen molar-refractivity contribution in [2.45, 2.75) is 19.1 Å². The molecule has 0 fully saturated rings. The second kappa shape index (κ2) is 7.89. The Kier molecular flexibility index (Phi) is 5.04. The first-order valence-corrected chi connectivity index (χ1v) is 11.0. The van der Waals surface area contributed by atoms with E-state index in [0.29, 0.717) is 9.71 Å². The molecule has 1 aromatic carbocycles.